The van der Waals surface area contributed by atoms with Crippen LogP contribution in [0.4, 0.5) is 0 Å². The van der Waals surface area contributed by atoms with Crippen molar-refractivity contribution in [2.24, 2.45) is 5.92 Å². The Morgan fingerprint density at radius 3 is 2.84 bits per heavy atom. The molecule has 170 valence electrons. The van der Waals surface area contributed by atoms with Crippen LogP contribution in [0.1, 0.15) is 48.3 Å². The molecule has 5 rings (SSSR count). The molecule has 0 radical (unpaired) electrons. The maximum Gasteiger partial charge on any atom is 0.280 e. The third kappa shape index (κ3) is 4.25. The number of carbonyl (C=O) groups is 2. The summed E-state index contributed by atoms with van der Waals surface area (Å²) in [5.74, 6) is -0.238. The van der Waals surface area contributed by atoms with Gasteiger partial charge in [-0.1, -0.05) is 19.3 Å². The Kier molecular flexibility index (Phi) is 6.39. The molecule has 8 nitrogen and oxygen atoms in total. The molecule has 2 aliphatic heterocycles. The minimum absolute atomic E-state index is 0.00257. The van der Waals surface area contributed by atoms with Gasteiger partial charge >= 0.3 is 0 Å². The quantitative estimate of drug-likeness (QED) is 0.668. The lowest BCUT2D eigenvalue weighted by atomic mass is 9.83. The average molecular weight is 476 g/mol. The van der Waals surface area contributed by atoms with Crippen LogP contribution in [0.25, 0.3) is 10.6 Å². The second-order valence-corrected chi connectivity index (χ2v) is 10.3. The molecule has 2 unspecified atom stereocenters. The number of amides is 2. The fraction of sp³-hybridized carbons (Fsp3) is 0.591. The molecule has 0 spiro atoms. The SMILES string of the molecule is O=C(NC(C(=O)N1C[C@H](Cl)C2OCC[C@H]21)C1CCCCC1)c1ncc(-c2ccncn2)s1. The highest BCUT2D eigenvalue weighted by Gasteiger charge is 2.49. The molecule has 1 aliphatic carbocycles. The van der Waals surface area contributed by atoms with Gasteiger partial charge in [0.2, 0.25) is 5.91 Å². The van der Waals surface area contributed by atoms with Crippen LogP contribution in [0, 0.1) is 5.92 Å². The highest BCUT2D eigenvalue weighted by atomic mass is 35.5. The van der Waals surface area contributed by atoms with Crippen molar-refractivity contribution in [1.82, 2.24) is 25.2 Å². The lowest BCUT2D eigenvalue weighted by Crippen LogP contribution is -2.54. The standard InChI is InChI=1S/C22H26ClN5O3S/c23-14-11-28(16-7-9-31-19(14)16)22(30)18(13-4-2-1-3-5-13)27-20(29)21-25-10-17(32-21)15-6-8-24-12-26-15/h6,8,10,12-14,16,18-19H,1-5,7,9,11H2,(H,27,29)/t14-,16+,18?,19?/m0/s1. The van der Waals surface area contributed by atoms with E-state index in [1.165, 1.54) is 24.1 Å². The fourth-order valence-electron chi connectivity index (χ4n) is 5.12. The molecule has 3 fully saturated rings. The van der Waals surface area contributed by atoms with Gasteiger partial charge in [0.25, 0.3) is 5.91 Å². The summed E-state index contributed by atoms with van der Waals surface area (Å²) in [6.07, 6.45) is 10.6. The van der Waals surface area contributed by atoms with Crippen molar-refractivity contribution in [3.63, 3.8) is 0 Å². The molecular formula is C22H26ClN5O3S. The molecule has 4 heterocycles. The molecule has 1 saturated carbocycles. The monoisotopic (exact) mass is 475 g/mol. The van der Waals surface area contributed by atoms with Gasteiger partial charge in [-0.3, -0.25) is 9.59 Å². The molecular weight excluding hydrogens is 450 g/mol. The number of aromatic nitrogens is 3. The van der Waals surface area contributed by atoms with Gasteiger partial charge in [-0.05, 0) is 31.2 Å². The molecule has 2 aromatic heterocycles. The Hall–Kier alpha value is -2.10. The second-order valence-electron chi connectivity index (χ2n) is 8.67. The van der Waals surface area contributed by atoms with Crippen molar-refractivity contribution in [1.29, 1.82) is 0 Å². The number of hydrogen-bond acceptors (Lipinski definition) is 7. The van der Waals surface area contributed by atoms with E-state index in [2.05, 4.69) is 20.3 Å². The van der Waals surface area contributed by atoms with E-state index in [0.717, 1.165) is 37.0 Å². The first-order valence-corrected chi connectivity index (χ1v) is 12.5. The summed E-state index contributed by atoms with van der Waals surface area (Å²) in [5.41, 5.74) is 0.717. The number of rotatable bonds is 5. The van der Waals surface area contributed by atoms with Crippen LogP contribution in [0.5, 0.6) is 0 Å². The number of nitrogens with zero attached hydrogens (tertiary/aromatic N) is 4. The summed E-state index contributed by atoms with van der Waals surface area (Å²) < 4.78 is 5.76. The minimum Gasteiger partial charge on any atom is -0.374 e. The van der Waals surface area contributed by atoms with Gasteiger partial charge in [0.1, 0.15) is 12.4 Å². The number of nitrogens with one attached hydrogen (secondary N) is 1. The normalized spacial score (nSPS) is 26.7. The van der Waals surface area contributed by atoms with Crippen molar-refractivity contribution < 1.29 is 14.3 Å². The molecule has 2 aromatic rings. The summed E-state index contributed by atoms with van der Waals surface area (Å²) in [7, 11) is 0. The fourth-order valence-corrected chi connectivity index (χ4v) is 6.31. The number of thiazole rings is 1. The van der Waals surface area contributed by atoms with E-state index in [1.54, 1.807) is 18.5 Å². The van der Waals surface area contributed by atoms with Crippen LogP contribution in [0.2, 0.25) is 0 Å². The predicted molar refractivity (Wildman–Crippen MR) is 120 cm³/mol. The number of fused-ring (bicyclic) bond motifs is 1. The molecule has 10 heteroatoms. The van der Waals surface area contributed by atoms with Gasteiger partial charge in [0.15, 0.2) is 5.01 Å². The molecule has 0 aromatic carbocycles. The lowest BCUT2D eigenvalue weighted by molar-refractivity contribution is -0.136. The Labute approximate surface area is 195 Å². The molecule has 3 aliphatic rings. The number of halogens is 1. The van der Waals surface area contributed by atoms with E-state index in [4.69, 9.17) is 16.3 Å². The smallest absolute Gasteiger partial charge is 0.280 e. The van der Waals surface area contributed by atoms with Crippen LogP contribution < -0.4 is 5.32 Å². The van der Waals surface area contributed by atoms with Gasteiger partial charge in [-0.2, -0.15) is 0 Å². The van der Waals surface area contributed by atoms with E-state index >= 15 is 0 Å². The van der Waals surface area contributed by atoms with Crippen molar-refractivity contribution in [3.8, 4) is 10.6 Å². The molecule has 2 amide bonds. The van der Waals surface area contributed by atoms with Crippen molar-refractivity contribution in [2.45, 2.75) is 62.1 Å². The Morgan fingerprint density at radius 1 is 1.22 bits per heavy atom. The zero-order chi connectivity index (χ0) is 22.1. The van der Waals surface area contributed by atoms with E-state index in [9.17, 15) is 9.59 Å². The molecule has 4 atom stereocenters. The summed E-state index contributed by atoms with van der Waals surface area (Å²) >= 11 is 7.74. The second kappa shape index (κ2) is 9.41. The molecule has 32 heavy (non-hydrogen) atoms. The van der Waals surface area contributed by atoms with Crippen LogP contribution in [0.15, 0.2) is 24.8 Å². The molecule has 0 bridgehead atoms. The number of likely N-dealkylation sites (tertiary alicyclic amines) is 1. The summed E-state index contributed by atoms with van der Waals surface area (Å²) in [6.45, 7) is 1.08. The number of ether oxygens (including phenoxy) is 1. The maximum atomic E-state index is 13.7. The zero-order valence-electron chi connectivity index (χ0n) is 17.7. The number of carbonyl (C=O) groups excluding carboxylic acids is 2. The van der Waals surface area contributed by atoms with E-state index in [0.29, 0.717) is 23.9 Å². The van der Waals surface area contributed by atoms with Gasteiger partial charge < -0.3 is 15.0 Å². The maximum absolute atomic E-state index is 13.7. The van der Waals surface area contributed by atoms with Gasteiger partial charge in [-0.25, -0.2) is 15.0 Å². The van der Waals surface area contributed by atoms with E-state index < -0.39 is 6.04 Å². The Balaban J connectivity index is 1.35. The van der Waals surface area contributed by atoms with Crippen LogP contribution >= 0.6 is 22.9 Å². The van der Waals surface area contributed by atoms with E-state index in [-0.39, 0.29) is 35.3 Å². The highest BCUT2D eigenvalue weighted by molar-refractivity contribution is 7.16. The first kappa shape index (κ1) is 21.7. The number of alkyl halides is 1. The first-order valence-electron chi connectivity index (χ1n) is 11.2. The first-order chi connectivity index (χ1) is 15.6. The van der Waals surface area contributed by atoms with Gasteiger partial charge in [-0.15, -0.1) is 22.9 Å². The van der Waals surface area contributed by atoms with Crippen LogP contribution in [-0.2, 0) is 9.53 Å². The number of hydrogen-bond donors (Lipinski definition) is 1. The topological polar surface area (TPSA) is 97.3 Å². The summed E-state index contributed by atoms with van der Waals surface area (Å²) in [6, 6.07) is 1.20. The van der Waals surface area contributed by atoms with Crippen molar-refractivity contribution >= 4 is 34.8 Å². The van der Waals surface area contributed by atoms with Gasteiger partial charge in [0.05, 0.1) is 28.1 Å². The van der Waals surface area contributed by atoms with Gasteiger partial charge in [0, 0.05) is 25.5 Å². The molecule has 2 saturated heterocycles. The third-order valence-corrected chi connectivity index (χ3v) is 8.13. The third-order valence-electron chi connectivity index (χ3n) is 6.72. The van der Waals surface area contributed by atoms with Crippen molar-refractivity contribution in [3.05, 3.63) is 29.8 Å². The lowest BCUT2D eigenvalue weighted by Gasteiger charge is -2.34. The Morgan fingerprint density at radius 2 is 2.06 bits per heavy atom. The van der Waals surface area contributed by atoms with Crippen LogP contribution in [0.3, 0.4) is 0 Å². The summed E-state index contributed by atoms with van der Waals surface area (Å²) in [5, 5.41) is 3.16. The van der Waals surface area contributed by atoms with E-state index in [1.807, 2.05) is 4.90 Å². The molecule has 1 N–H and O–H groups in total. The average Bonchev–Trinajstić information content (AvgIpc) is 3.57. The zero-order valence-corrected chi connectivity index (χ0v) is 19.2. The predicted octanol–water partition coefficient (Wildman–Crippen LogP) is 2.89. The minimum atomic E-state index is -0.572. The Bertz CT molecular complexity index is 967. The van der Waals surface area contributed by atoms with Crippen molar-refractivity contribution in [2.75, 3.05) is 13.2 Å². The largest absolute Gasteiger partial charge is 0.374 e. The van der Waals surface area contributed by atoms with Crippen LogP contribution in [-0.4, -0.2) is 68.4 Å². The summed E-state index contributed by atoms with van der Waals surface area (Å²) in [4.78, 5) is 41.9. The highest BCUT2D eigenvalue weighted by Crippen LogP contribution is 2.35.